The Balaban J connectivity index is 1.65. The Kier molecular flexibility index (Phi) is 7.23. The molecule has 30 heavy (non-hydrogen) atoms. The van der Waals surface area contributed by atoms with E-state index in [1.54, 1.807) is 0 Å². The molecule has 0 spiro atoms. The van der Waals surface area contributed by atoms with Crippen LogP contribution in [0.1, 0.15) is 51.7 Å². The van der Waals surface area contributed by atoms with Gasteiger partial charge in [-0.2, -0.15) is 9.97 Å². The number of thiazole rings is 1. The number of esters is 1. The van der Waals surface area contributed by atoms with Crippen molar-refractivity contribution >= 4 is 33.6 Å². The van der Waals surface area contributed by atoms with E-state index < -0.39 is 41.3 Å². The number of rotatable bonds is 9. The number of unbranched alkanes of at least 4 members (excludes halogenated alkanes) is 4. The van der Waals surface area contributed by atoms with Crippen molar-refractivity contribution in [1.82, 2.24) is 14.5 Å². The first kappa shape index (κ1) is 22.4. The monoisotopic (exact) mass is 442 g/mol. The van der Waals surface area contributed by atoms with Gasteiger partial charge in [0.15, 0.2) is 11.9 Å². The minimum absolute atomic E-state index is 0.0176. The summed E-state index contributed by atoms with van der Waals surface area (Å²) >= 11 is 0.657. The fraction of sp³-hybridized carbons (Fsp3) is 0.667. The van der Waals surface area contributed by atoms with Crippen LogP contribution < -0.4 is 10.6 Å². The lowest BCUT2D eigenvalue weighted by atomic mass is 10.1. The van der Waals surface area contributed by atoms with Crippen LogP contribution in [-0.2, 0) is 14.3 Å². The largest absolute Gasteiger partial charge is 0.492 e. The van der Waals surface area contributed by atoms with E-state index in [1.807, 2.05) is 0 Å². The average molecular weight is 442 g/mol. The second kappa shape index (κ2) is 9.69. The van der Waals surface area contributed by atoms with Crippen molar-refractivity contribution in [3.05, 3.63) is 9.67 Å². The van der Waals surface area contributed by atoms with Crippen LogP contribution in [-0.4, -0.2) is 60.7 Å². The van der Waals surface area contributed by atoms with Gasteiger partial charge < -0.3 is 30.5 Å². The van der Waals surface area contributed by atoms with E-state index in [0.717, 1.165) is 36.7 Å². The zero-order valence-corrected chi connectivity index (χ0v) is 17.4. The third-order valence-electron chi connectivity index (χ3n) is 4.95. The van der Waals surface area contributed by atoms with Gasteiger partial charge in [0.2, 0.25) is 11.8 Å². The lowest BCUT2D eigenvalue weighted by Crippen LogP contribution is -2.35. The van der Waals surface area contributed by atoms with Gasteiger partial charge in [0.05, 0.1) is 0 Å². The van der Waals surface area contributed by atoms with Crippen LogP contribution in [0.2, 0.25) is 0 Å². The first-order valence-corrected chi connectivity index (χ1v) is 10.7. The molecule has 0 unspecified atom stereocenters. The molecular weight excluding hydrogens is 416 g/mol. The highest BCUT2D eigenvalue weighted by molar-refractivity contribution is 7.16. The van der Waals surface area contributed by atoms with Gasteiger partial charge in [-0.05, 0) is 6.42 Å². The number of nitrogen functional groups attached to an aromatic ring is 1. The Labute approximate surface area is 176 Å². The van der Waals surface area contributed by atoms with Crippen molar-refractivity contribution in [2.24, 2.45) is 0 Å². The van der Waals surface area contributed by atoms with E-state index in [1.165, 1.54) is 0 Å². The predicted molar refractivity (Wildman–Crippen MR) is 108 cm³/mol. The second-order valence-corrected chi connectivity index (χ2v) is 8.15. The molecule has 0 saturated carbocycles. The van der Waals surface area contributed by atoms with Crippen LogP contribution in [0.25, 0.3) is 10.3 Å². The SMILES string of the molecule is CCCCCCCC(=O)OC[C@H]1O[C@@H](n2c(=O)sc3c(O)nc(N)nc32)[C@H](O)[C@@H]1O. The minimum Gasteiger partial charge on any atom is -0.492 e. The van der Waals surface area contributed by atoms with Crippen LogP contribution in [0.3, 0.4) is 0 Å². The van der Waals surface area contributed by atoms with Crippen LogP contribution in [0.15, 0.2) is 4.79 Å². The van der Waals surface area contributed by atoms with Crippen LogP contribution >= 0.6 is 11.3 Å². The summed E-state index contributed by atoms with van der Waals surface area (Å²) in [6.45, 7) is 1.85. The van der Waals surface area contributed by atoms with Crippen molar-refractivity contribution in [2.45, 2.75) is 70.0 Å². The maximum Gasteiger partial charge on any atom is 0.311 e. The third-order valence-corrected chi connectivity index (χ3v) is 5.89. The van der Waals surface area contributed by atoms with Gasteiger partial charge in [0.1, 0.15) is 29.6 Å². The van der Waals surface area contributed by atoms with Gasteiger partial charge in [0.25, 0.3) is 0 Å². The Morgan fingerprint density at radius 3 is 2.70 bits per heavy atom. The molecule has 12 heteroatoms. The number of nitrogens with two attached hydrogens (primary N) is 1. The summed E-state index contributed by atoms with van der Waals surface area (Å²) in [6, 6.07) is 0. The van der Waals surface area contributed by atoms with E-state index in [-0.39, 0.29) is 29.3 Å². The van der Waals surface area contributed by atoms with Crippen molar-refractivity contribution in [1.29, 1.82) is 0 Å². The number of carbonyl (C=O) groups excluding carboxylic acids is 1. The fourth-order valence-corrected chi connectivity index (χ4v) is 4.18. The number of aliphatic hydroxyl groups excluding tert-OH is 2. The molecule has 0 radical (unpaired) electrons. The number of aromatic hydroxyl groups is 1. The summed E-state index contributed by atoms with van der Waals surface area (Å²) in [5.74, 6) is -1.14. The first-order chi connectivity index (χ1) is 14.3. The van der Waals surface area contributed by atoms with Gasteiger partial charge >= 0.3 is 10.8 Å². The Morgan fingerprint density at radius 2 is 1.97 bits per heavy atom. The summed E-state index contributed by atoms with van der Waals surface area (Å²) in [7, 11) is 0. The summed E-state index contributed by atoms with van der Waals surface area (Å²) in [5, 5.41) is 30.6. The number of hydrogen-bond acceptors (Lipinski definition) is 11. The highest BCUT2D eigenvalue weighted by Crippen LogP contribution is 2.33. The maximum absolute atomic E-state index is 12.4. The van der Waals surface area contributed by atoms with E-state index in [4.69, 9.17) is 15.2 Å². The molecule has 166 valence electrons. The van der Waals surface area contributed by atoms with Crippen LogP contribution in [0.4, 0.5) is 5.95 Å². The standard InChI is InChI=1S/C18H26N4O7S/c1-2-3-4-5-6-7-10(23)28-8-9-11(24)12(25)16(29-9)22-14-13(30-18(22)27)15(26)21-17(19)20-14/h9,11-12,16,24-25H,2-8H2,1H3,(H3,19,20,21,26)/t9-,11-,12-,16-/m1/s1. The Hall–Kier alpha value is -2.28. The Bertz CT molecular complexity index is 946. The molecule has 5 N–H and O–H groups in total. The van der Waals surface area contributed by atoms with E-state index >= 15 is 0 Å². The van der Waals surface area contributed by atoms with Crippen molar-refractivity contribution in [3.63, 3.8) is 0 Å². The van der Waals surface area contributed by atoms with Crippen molar-refractivity contribution < 1.29 is 29.6 Å². The van der Waals surface area contributed by atoms with E-state index in [9.17, 15) is 24.9 Å². The average Bonchev–Trinajstić information content (AvgIpc) is 3.16. The van der Waals surface area contributed by atoms with Gasteiger partial charge in [-0.15, -0.1) is 0 Å². The van der Waals surface area contributed by atoms with E-state index in [0.29, 0.717) is 11.3 Å². The zero-order chi connectivity index (χ0) is 21.8. The highest BCUT2D eigenvalue weighted by Gasteiger charge is 2.45. The smallest absolute Gasteiger partial charge is 0.311 e. The molecule has 0 aliphatic carbocycles. The number of carbonyl (C=O) groups is 1. The van der Waals surface area contributed by atoms with Crippen LogP contribution in [0.5, 0.6) is 5.88 Å². The van der Waals surface area contributed by atoms with Crippen molar-refractivity contribution in [2.75, 3.05) is 12.3 Å². The molecule has 1 saturated heterocycles. The molecule has 1 aliphatic heterocycles. The molecule has 0 amide bonds. The molecule has 3 heterocycles. The summed E-state index contributed by atoms with van der Waals surface area (Å²) in [4.78, 5) is 31.3. The molecule has 4 atom stereocenters. The third kappa shape index (κ3) is 4.72. The number of fused-ring (bicyclic) bond motifs is 1. The molecule has 1 fully saturated rings. The number of ether oxygens (including phenoxy) is 2. The minimum atomic E-state index is -1.48. The normalized spacial score (nSPS) is 23.8. The lowest BCUT2D eigenvalue weighted by molar-refractivity contribution is -0.150. The number of anilines is 1. The fourth-order valence-electron chi connectivity index (χ4n) is 3.35. The number of nitrogens with zero attached hydrogens (tertiary/aromatic N) is 3. The van der Waals surface area contributed by atoms with Gasteiger partial charge in [-0.1, -0.05) is 43.9 Å². The highest BCUT2D eigenvalue weighted by atomic mass is 32.1. The summed E-state index contributed by atoms with van der Waals surface area (Å²) in [6.07, 6.45) is 0.0668. The molecule has 0 bridgehead atoms. The molecule has 2 aromatic rings. The maximum atomic E-state index is 12.4. The molecule has 0 aromatic carbocycles. The topological polar surface area (TPSA) is 170 Å². The lowest BCUT2D eigenvalue weighted by Gasteiger charge is -2.16. The molecule has 11 nitrogen and oxygen atoms in total. The molecule has 1 aliphatic rings. The number of hydrogen-bond donors (Lipinski definition) is 4. The number of aliphatic hydroxyl groups is 2. The quantitative estimate of drug-likeness (QED) is 0.319. The first-order valence-electron chi connectivity index (χ1n) is 9.88. The Morgan fingerprint density at radius 1 is 1.23 bits per heavy atom. The summed E-state index contributed by atoms with van der Waals surface area (Å²) in [5.41, 5.74) is 5.52. The van der Waals surface area contributed by atoms with Gasteiger partial charge in [0, 0.05) is 6.42 Å². The molecular formula is C18H26N4O7S. The predicted octanol–water partition coefficient (Wildman–Crippen LogP) is 0.664. The van der Waals surface area contributed by atoms with Crippen LogP contribution in [0, 0.1) is 0 Å². The van der Waals surface area contributed by atoms with Gasteiger partial charge in [-0.3, -0.25) is 14.2 Å². The molecule has 3 rings (SSSR count). The zero-order valence-electron chi connectivity index (χ0n) is 16.6. The van der Waals surface area contributed by atoms with E-state index in [2.05, 4.69) is 16.9 Å². The second-order valence-electron chi connectivity index (χ2n) is 7.19. The van der Waals surface area contributed by atoms with Crippen molar-refractivity contribution in [3.8, 4) is 5.88 Å². The van der Waals surface area contributed by atoms with Gasteiger partial charge in [-0.25, -0.2) is 0 Å². The summed E-state index contributed by atoms with van der Waals surface area (Å²) < 4.78 is 11.9. The molecule has 2 aromatic heterocycles. The number of aromatic nitrogens is 3.